The number of Topliss-reactive ketones (excluding diaryl/α,β-unsaturated/α-hetero) is 1. The highest BCUT2D eigenvalue weighted by Gasteiger charge is 2.01. The van der Waals surface area contributed by atoms with Crippen molar-refractivity contribution in [2.24, 2.45) is 0 Å². The van der Waals surface area contributed by atoms with Crippen LogP contribution in [-0.4, -0.2) is 13.7 Å². The molecule has 0 aliphatic rings. The highest BCUT2D eigenvalue weighted by molar-refractivity contribution is 14.1. The van der Waals surface area contributed by atoms with Crippen LogP contribution in [0.15, 0.2) is 81.0 Å². The lowest BCUT2D eigenvalue weighted by Crippen LogP contribution is -2.12. The molecule has 0 unspecified atom stereocenters. The smallest absolute Gasteiger partial charge is 0.260 e. The van der Waals surface area contributed by atoms with Crippen LogP contribution in [0.2, 0.25) is 0 Å². The summed E-state index contributed by atoms with van der Waals surface area (Å²) in [6.07, 6.45) is 0. The maximum absolute atomic E-state index is 11.3. The number of carbonyl (C=O) groups excluding carboxylic acids is 1. The Labute approximate surface area is 195 Å². The molecule has 0 saturated heterocycles. The standard InChI is InChI=1S/C12H11NO2S.C10H8INOS/c1-9(14)11-4-2-10(3-5-11)8-13-12(15)6-7-16-13;11-9-3-1-8(2-4-9)7-12-10(13)5-6-14-12/h2-7H,8H2,1H3;1-6H,7H2. The first-order valence-corrected chi connectivity index (χ1v) is 11.8. The maximum Gasteiger partial charge on any atom is 0.260 e. The third kappa shape index (κ3) is 6.35. The minimum Gasteiger partial charge on any atom is -0.295 e. The fourth-order valence-corrected chi connectivity index (χ4v) is 4.38. The Morgan fingerprint density at radius 2 is 1.20 bits per heavy atom. The van der Waals surface area contributed by atoms with E-state index < -0.39 is 0 Å². The van der Waals surface area contributed by atoms with Crippen molar-refractivity contribution in [3.05, 3.63) is 112 Å². The summed E-state index contributed by atoms with van der Waals surface area (Å²) < 4.78 is 4.62. The number of aromatic nitrogens is 2. The van der Waals surface area contributed by atoms with Crippen LogP contribution in [0.4, 0.5) is 0 Å². The quantitative estimate of drug-likeness (QED) is 0.267. The van der Waals surface area contributed by atoms with E-state index in [9.17, 15) is 14.4 Å². The Hall–Kier alpha value is -2.30. The summed E-state index contributed by atoms with van der Waals surface area (Å²) in [6.45, 7) is 2.78. The number of benzene rings is 2. The molecule has 4 aromatic rings. The first-order valence-electron chi connectivity index (χ1n) is 9.06. The third-order valence-electron chi connectivity index (χ3n) is 4.22. The van der Waals surface area contributed by atoms with Gasteiger partial charge >= 0.3 is 0 Å². The second-order valence-electron chi connectivity index (χ2n) is 6.45. The second kappa shape index (κ2) is 10.6. The van der Waals surface area contributed by atoms with Gasteiger partial charge < -0.3 is 0 Å². The van der Waals surface area contributed by atoms with E-state index in [4.69, 9.17) is 0 Å². The first kappa shape index (κ1) is 22.4. The lowest BCUT2D eigenvalue weighted by Gasteiger charge is -2.02. The van der Waals surface area contributed by atoms with Crippen molar-refractivity contribution in [2.45, 2.75) is 20.0 Å². The molecule has 2 aromatic carbocycles. The molecule has 0 amide bonds. The van der Waals surface area contributed by atoms with Gasteiger partial charge in [-0.05, 0) is 52.8 Å². The Morgan fingerprint density at radius 3 is 1.57 bits per heavy atom. The number of rotatable bonds is 5. The predicted octanol–water partition coefficient (Wildman–Crippen LogP) is 4.72. The van der Waals surface area contributed by atoms with Crippen LogP contribution >= 0.6 is 45.7 Å². The number of hydrogen-bond acceptors (Lipinski definition) is 5. The van der Waals surface area contributed by atoms with Gasteiger partial charge in [0.2, 0.25) is 0 Å². The van der Waals surface area contributed by atoms with E-state index in [0.29, 0.717) is 18.7 Å². The summed E-state index contributed by atoms with van der Waals surface area (Å²) >= 11 is 5.11. The van der Waals surface area contributed by atoms with Crippen LogP contribution in [0.3, 0.4) is 0 Å². The fourth-order valence-electron chi connectivity index (χ4n) is 2.59. The summed E-state index contributed by atoms with van der Waals surface area (Å²) in [5.41, 5.74) is 2.97. The van der Waals surface area contributed by atoms with Gasteiger partial charge in [0.25, 0.3) is 11.1 Å². The molecule has 0 radical (unpaired) electrons. The van der Waals surface area contributed by atoms with E-state index in [2.05, 4.69) is 34.7 Å². The van der Waals surface area contributed by atoms with Gasteiger partial charge in [-0.1, -0.05) is 59.5 Å². The normalized spacial score (nSPS) is 10.3. The minimum absolute atomic E-state index is 0.0145. The molecule has 0 spiro atoms. The van der Waals surface area contributed by atoms with E-state index in [1.165, 1.54) is 26.6 Å². The van der Waals surface area contributed by atoms with Crippen LogP contribution in [-0.2, 0) is 13.1 Å². The van der Waals surface area contributed by atoms with Crippen LogP contribution in [0.5, 0.6) is 0 Å². The van der Waals surface area contributed by atoms with E-state index in [-0.39, 0.29) is 16.9 Å². The largest absolute Gasteiger partial charge is 0.295 e. The Kier molecular flexibility index (Phi) is 7.94. The summed E-state index contributed by atoms with van der Waals surface area (Å²) in [5, 5.41) is 3.58. The average molecular weight is 550 g/mol. The molecule has 0 N–H and O–H groups in total. The number of ketones is 1. The Balaban J connectivity index is 0.000000172. The predicted molar refractivity (Wildman–Crippen MR) is 131 cm³/mol. The van der Waals surface area contributed by atoms with E-state index in [1.807, 2.05) is 29.6 Å². The zero-order valence-corrected chi connectivity index (χ0v) is 19.9. The Morgan fingerprint density at radius 1 is 0.767 bits per heavy atom. The molecule has 0 saturated carbocycles. The zero-order chi connectivity index (χ0) is 21.5. The van der Waals surface area contributed by atoms with Gasteiger partial charge in [-0.25, -0.2) is 0 Å². The third-order valence-corrected chi connectivity index (χ3v) is 6.58. The number of carbonyl (C=O) groups is 1. The van der Waals surface area contributed by atoms with Gasteiger partial charge in [0.05, 0.1) is 13.1 Å². The van der Waals surface area contributed by atoms with Crippen molar-refractivity contribution in [1.82, 2.24) is 7.91 Å². The summed E-state index contributed by atoms with van der Waals surface area (Å²) in [6, 6.07) is 18.7. The van der Waals surface area contributed by atoms with Gasteiger partial charge in [-0.3, -0.25) is 22.3 Å². The zero-order valence-electron chi connectivity index (χ0n) is 16.2. The molecule has 0 fully saturated rings. The van der Waals surface area contributed by atoms with E-state index in [1.54, 1.807) is 44.5 Å². The van der Waals surface area contributed by atoms with Crippen molar-refractivity contribution >= 4 is 51.4 Å². The lowest BCUT2D eigenvalue weighted by atomic mass is 10.1. The molecule has 154 valence electrons. The highest BCUT2D eigenvalue weighted by Crippen LogP contribution is 2.09. The van der Waals surface area contributed by atoms with Crippen LogP contribution in [0.1, 0.15) is 28.4 Å². The number of hydrogen-bond donors (Lipinski definition) is 0. The van der Waals surface area contributed by atoms with Gasteiger partial charge in [0.15, 0.2) is 5.78 Å². The molecule has 0 aliphatic heterocycles. The molecule has 4 rings (SSSR count). The number of halogens is 1. The molecular formula is C22H19IN2O3S2. The summed E-state index contributed by atoms with van der Waals surface area (Å²) in [7, 11) is 0. The topological polar surface area (TPSA) is 61.1 Å². The lowest BCUT2D eigenvalue weighted by molar-refractivity contribution is 0.101. The summed E-state index contributed by atoms with van der Waals surface area (Å²) in [5.74, 6) is 0.0554. The van der Waals surface area contributed by atoms with Crippen molar-refractivity contribution in [1.29, 1.82) is 0 Å². The molecule has 0 aliphatic carbocycles. The SMILES string of the molecule is CC(=O)c1ccc(Cn2sccc2=O)cc1.O=c1ccsn1Cc1ccc(I)cc1. The van der Waals surface area contributed by atoms with Crippen molar-refractivity contribution in [3.63, 3.8) is 0 Å². The van der Waals surface area contributed by atoms with Gasteiger partial charge in [0, 0.05) is 32.0 Å². The molecule has 0 atom stereocenters. The van der Waals surface area contributed by atoms with Gasteiger partial charge in [0.1, 0.15) is 0 Å². The van der Waals surface area contributed by atoms with Crippen LogP contribution in [0, 0.1) is 3.57 Å². The van der Waals surface area contributed by atoms with Gasteiger partial charge in [-0.15, -0.1) is 0 Å². The summed E-state index contributed by atoms with van der Waals surface area (Å²) in [4.78, 5) is 33.7. The average Bonchev–Trinajstić information content (AvgIpc) is 3.33. The van der Waals surface area contributed by atoms with E-state index >= 15 is 0 Å². The molecular weight excluding hydrogens is 531 g/mol. The molecule has 5 nitrogen and oxygen atoms in total. The molecule has 8 heteroatoms. The maximum atomic E-state index is 11.3. The van der Waals surface area contributed by atoms with Crippen molar-refractivity contribution < 1.29 is 4.79 Å². The monoisotopic (exact) mass is 550 g/mol. The Bertz CT molecular complexity index is 1220. The van der Waals surface area contributed by atoms with Crippen molar-refractivity contribution in [2.75, 3.05) is 0 Å². The second-order valence-corrected chi connectivity index (χ2v) is 9.54. The van der Waals surface area contributed by atoms with Crippen molar-refractivity contribution in [3.8, 4) is 0 Å². The van der Waals surface area contributed by atoms with Crippen LogP contribution in [0.25, 0.3) is 0 Å². The molecule has 30 heavy (non-hydrogen) atoms. The van der Waals surface area contributed by atoms with Crippen LogP contribution < -0.4 is 11.1 Å². The van der Waals surface area contributed by atoms with Gasteiger partial charge in [-0.2, -0.15) is 0 Å². The fraction of sp³-hybridized carbons (Fsp3) is 0.136. The molecule has 2 aromatic heterocycles. The molecule has 2 heterocycles. The first-order chi connectivity index (χ1) is 14.4. The highest BCUT2D eigenvalue weighted by atomic mass is 127. The molecule has 0 bridgehead atoms. The number of nitrogens with zero attached hydrogens (tertiary/aromatic N) is 2. The van der Waals surface area contributed by atoms with E-state index in [0.717, 1.165) is 11.1 Å². The minimum atomic E-state index is 0.0145.